The third-order valence-corrected chi connectivity index (χ3v) is 3.79. The summed E-state index contributed by atoms with van der Waals surface area (Å²) in [5.41, 5.74) is 0. The molecule has 2 saturated heterocycles. The normalized spacial score (nSPS) is 22.4. The Balaban J connectivity index is 1.88. The van der Waals surface area contributed by atoms with Crippen LogP contribution in [0, 0.1) is 5.92 Å². The zero-order chi connectivity index (χ0) is 17.0. The average Bonchev–Trinajstić information content (AvgIpc) is 3.12. The smallest absolute Gasteiger partial charge is 0.334 e. The van der Waals surface area contributed by atoms with Crippen LogP contribution < -0.4 is 16.0 Å². The fraction of sp³-hybridized carbons (Fsp3) is 0.714. The molecule has 0 aromatic carbocycles. The van der Waals surface area contributed by atoms with Gasteiger partial charge in [0, 0.05) is 12.8 Å². The van der Waals surface area contributed by atoms with Crippen LogP contribution >= 0.6 is 0 Å². The highest BCUT2D eigenvalue weighted by molar-refractivity contribution is 6.01. The monoisotopic (exact) mass is 326 g/mol. The van der Waals surface area contributed by atoms with Gasteiger partial charge in [-0.25, -0.2) is 4.79 Å². The molecule has 0 saturated carbocycles. The maximum Gasteiger partial charge on any atom is 0.433 e. The first kappa shape index (κ1) is 17.2. The summed E-state index contributed by atoms with van der Waals surface area (Å²) >= 11 is 0. The van der Waals surface area contributed by atoms with Gasteiger partial charge in [-0.1, -0.05) is 13.8 Å². The van der Waals surface area contributed by atoms with E-state index in [1.807, 2.05) is 13.8 Å². The fourth-order valence-corrected chi connectivity index (χ4v) is 2.43. The predicted molar refractivity (Wildman–Crippen MR) is 78.5 cm³/mol. The van der Waals surface area contributed by atoms with Crippen molar-refractivity contribution in [3.63, 3.8) is 0 Å². The number of hydrogen-bond acceptors (Lipinski definition) is 6. The SMILES string of the molecule is CC(C)C(NC(=O)ON1C(=O)CCC1=O)NC(=O)[C@@H]1CCCN1. The van der Waals surface area contributed by atoms with Crippen molar-refractivity contribution in [3.8, 4) is 0 Å². The molecule has 0 aromatic heterocycles. The van der Waals surface area contributed by atoms with Crippen molar-refractivity contribution in [2.45, 2.75) is 51.7 Å². The van der Waals surface area contributed by atoms with Crippen molar-refractivity contribution in [2.75, 3.05) is 6.54 Å². The number of carbonyl (C=O) groups is 4. The molecule has 2 fully saturated rings. The molecule has 2 rings (SSSR count). The lowest BCUT2D eigenvalue weighted by Gasteiger charge is -2.25. The summed E-state index contributed by atoms with van der Waals surface area (Å²) in [7, 11) is 0. The summed E-state index contributed by atoms with van der Waals surface area (Å²) in [6, 6.07) is -0.268. The van der Waals surface area contributed by atoms with Crippen molar-refractivity contribution in [2.24, 2.45) is 5.92 Å². The second kappa shape index (κ2) is 7.40. The third-order valence-electron chi connectivity index (χ3n) is 3.79. The minimum Gasteiger partial charge on any atom is -0.334 e. The topological polar surface area (TPSA) is 117 Å². The molecule has 2 aliphatic rings. The van der Waals surface area contributed by atoms with Crippen molar-refractivity contribution >= 4 is 23.8 Å². The van der Waals surface area contributed by atoms with E-state index in [4.69, 9.17) is 4.84 Å². The minimum absolute atomic E-state index is 0.0316. The Morgan fingerprint density at radius 3 is 2.39 bits per heavy atom. The molecule has 9 heteroatoms. The zero-order valence-corrected chi connectivity index (χ0v) is 13.3. The van der Waals surface area contributed by atoms with Gasteiger partial charge in [0.1, 0.15) is 6.17 Å². The van der Waals surface area contributed by atoms with Gasteiger partial charge in [0.15, 0.2) is 0 Å². The van der Waals surface area contributed by atoms with Gasteiger partial charge in [0.25, 0.3) is 11.8 Å². The number of hydroxylamine groups is 2. The molecular weight excluding hydrogens is 304 g/mol. The standard InChI is InChI=1S/C14H22N4O5/c1-8(2)12(16-13(21)9-4-3-7-15-9)17-14(22)23-18-10(19)5-6-11(18)20/h8-9,12,15H,3-7H2,1-2H3,(H,16,21)(H,17,22)/t9-,12?/m0/s1. The van der Waals surface area contributed by atoms with Gasteiger partial charge in [0.05, 0.1) is 6.04 Å². The van der Waals surface area contributed by atoms with E-state index in [0.29, 0.717) is 5.06 Å². The summed E-state index contributed by atoms with van der Waals surface area (Å²) in [6.45, 7) is 4.43. The van der Waals surface area contributed by atoms with E-state index in [-0.39, 0.29) is 30.7 Å². The fourth-order valence-electron chi connectivity index (χ4n) is 2.43. The molecule has 1 unspecified atom stereocenters. The first-order chi connectivity index (χ1) is 10.9. The number of nitrogens with one attached hydrogen (secondary N) is 3. The van der Waals surface area contributed by atoms with E-state index in [2.05, 4.69) is 16.0 Å². The molecule has 128 valence electrons. The Kier molecular flexibility index (Phi) is 5.54. The Hall–Kier alpha value is -2.16. The Labute approximate surface area is 134 Å². The number of carbonyl (C=O) groups excluding carboxylic acids is 4. The lowest BCUT2D eigenvalue weighted by molar-refractivity contribution is -0.171. The molecule has 0 spiro atoms. The Morgan fingerprint density at radius 1 is 1.22 bits per heavy atom. The summed E-state index contributed by atoms with van der Waals surface area (Å²) < 4.78 is 0. The summed E-state index contributed by atoms with van der Waals surface area (Å²) in [5.74, 6) is -1.40. The van der Waals surface area contributed by atoms with Gasteiger partial charge < -0.3 is 15.5 Å². The van der Waals surface area contributed by atoms with Crippen LogP contribution in [0.5, 0.6) is 0 Å². The highest BCUT2D eigenvalue weighted by Crippen LogP contribution is 2.12. The van der Waals surface area contributed by atoms with Crippen LogP contribution in [0.1, 0.15) is 39.5 Å². The summed E-state index contributed by atoms with van der Waals surface area (Å²) in [6.07, 6.45) is 0.127. The number of imide groups is 1. The van der Waals surface area contributed by atoms with Crippen LogP contribution in [-0.4, -0.2) is 47.6 Å². The molecule has 0 bridgehead atoms. The molecule has 4 amide bonds. The number of nitrogens with zero attached hydrogens (tertiary/aromatic N) is 1. The summed E-state index contributed by atoms with van der Waals surface area (Å²) in [4.78, 5) is 51.5. The highest BCUT2D eigenvalue weighted by atomic mass is 16.7. The van der Waals surface area contributed by atoms with Crippen LogP contribution in [0.4, 0.5) is 4.79 Å². The van der Waals surface area contributed by atoms with Crippen molar-refractivity contribution < 1.29 is 24.0 Å². The first-order valence-electron chi connectivity index (χ1n) is 7.76. The van der Waals surface area contributed by atoms with Gasteiger partial charge in [0.2, 0.25) is 5.91 Å². The van der Waals surface area contributed by atoms with E-state index in [1.54, 1.807) is 0 Å². The van der Waals surface area contributed by atoms with Gasteiger partial charge in [-0.15, -0.1) is 5.06 Å². The molecule has 3 N–H and O–H groups in total. The molecule has 0 radical (unpaired) electrons. The molecular formula is C14H22N4O5. The Bertz CT molecular complexity index is 485. The molecule has 0 aliphatic carbocycles. The van der Waals surface area contributed by atoms with Gasteiger partial charge >= 0.3 is 6.09 Å². The molecule has 2 atom stereocenters. The molecule has 2 aliphatic heterocycles. The largest absolute Gasteiger partial charge is 0.433 e. The van der Waals surface area contributed by atoms with E-state index < -0.39 is 24.1 Å². The lowest BCUT2D eigenvalue weighted by Crippen LogP contribution is -2.55. The van der Waals surface area contributed by atoms with Crippen LogP contribution in [-0.2, 0) is 19.2 Å². The molecule has 9 nitrogen and oxygen atoms in total. The van der Waals surface area contributed by atoms with Gasteiger partial charge in [-0.05, 0) is 25.3 Å². The molecule has 23 heavy (non-hydrogen) atoms. The second-order valence-electron chi connectivity index (χ2n) is 5.98. The van der Waals surface area contributed by atoms with Crippen LogP contribution in [0.2, 0.25) is 0 Å². The first-order valence-corrected chi connectivity index (χ1v) is 7.76. The summed E-state index contributed by atoms with van der Waals surface area (Å²) in [5, 5.41) is 8.74. The van der Waals surface area contributed by atoms with Crippen molar-refractivity contribution in [1.82, 2.24) is 21.0 Å². The number of amides is 4. The van der Waals surface area contributed by atoms with E-state index in [0.717, 1.165) is 19.4 Å². The van der Waals surface area contributed by atoms with Crippen LogP contribution in [0.25, 0.3) is 0 Å². The van der Waals surface area contributed by atoms with Crippen molar-refractivity contribution in [3.05, 3.63) is 0 Å². The van der Waals surface area contributed by atoms with Crippen LogP contribution in [0.15, 0.2) is 0 Å². The third kappa shape index (κ3) is 4.41. The van der Waals surface area contributed by atoms with E-state index in [1.165, 1.54) is 0 Å². The van der Waals surface area contributed by atoms with Gasteiger partial charge in [-0.3, -0.25) is 19.7 Å². The Morgan fingerprint density at radius 2 is 1.87 bits per heavy atom. The van der Waals surface area contributed by atoms with E-state index >= 15 is 0 Å². The predicted octanol–water partition coefficient (Wildman–Crippen LogP) is -0.373. The zero-order valence-electron chi connectivity index (χ0n) is 13.3. The van der Waals surface area contributed by atoms with Crippen molar-refractivity contribution in [1.29, 1.82) is 0 Å². The number of rotatable bonds is 5. The number of hydrogen-bond donors (Lipinski definition) is 3. The maximum atomic E-state index is 12.1. The quantitative estimate of drug-likeness (QED) is 0.469. The lowest BCUT2D eigenvalue weighted by atomic mass is 10.1. The van der Waals surface area contributed by atoms with Crippen LogP contribution in [0.3, 0.4) is 0 Å². The average molecular weight is 326 g/mol. The molecule has 2 heterocycles. The van der Waals surface area contributed by atoms with E-state index in [9.17, 15) is 19.2 Å². The highest BCUT2D eigenvalue weighted by Gasteiger charge is 2.34. The second-order valence-corrected chi connectivity index (χ2v) is 5.98. The molecule has 0 aromatic rings. The maximum absolute atomic E-state index is 12.1. The van der Waals surface area contributed by atoms with Gasteiger partial charge in [-0.2, -0.15) is 0 Å². The minimum atomic E-state index is -0.952.